The molecule has 1 fully saturated rings. The van der Waals surface area contributed by atoms with Crippen molar-refractivity contribution >= 4 is 46.6 Å². The van der Waals surface area contributed by atoms with Gasteiger partial charge in [0.05, 0.1) is 18.6 Å². The molecular formula is C30H30Cl2N2O4. The summed E-state index contributed by atoms with van der Waals surface area (Å²) in [5.74, 6) is -0.461. The molecule has 0 N–H and O–H groups in total. The van der Waals surface area contributed by atoms with Crippen LogP contribution in [0.2, 0.25) is 5.02 Å². The average molecular weight is 553 g/mol. The van der Waals surface area contributed by atoms with E-state index in [0.29, 0.717) is 28.3 Å². The number of ether oxygens (including phenoxy) is 1. The van der Waals surface area contributed by atoms with Gasteiger partial charge in [-0.1, -0.05) is 60.1 Å². The minimum absolute atomic E-state index is 0. The molecule has 0 unspecified atom stereocenters. The minimum Gasteiger partial charge on any atom is -0.466 e. The maximum absolute atomic E-state index is 13.0. The van der Waals surface area contributed by atoms with E-state index in [1.54, 1.807) is 13.0 Å². The van der Waals surface area contributed by atoms with Crippen LogP contribution in [-0.2, 0) is 22.5 Å². The average Bonchev–Trinajstić information content (AvgIpc) is 2.91. The first-order valence-corrected chi connectivity index (χ1v) is 12.9. The van der Waals surface area contributed by atoms with Gasteiger partial charge < -0.3 is 14.1 Å². The van der Waals surface area contributed by atoms with Crippen molar-refractivity contribution in [3.8, 4) is 11.1 Å². The number of benzene rings is 3. The molecule has 1 aliphatic rings. The fourth-order valence-corrected chi connectivity index (χ4v) is 5.14. The molecule has 0 saturated carbocycles. The van der Waals surface area contributed by atoms with Gasteiger partial charge in [0, 0.05) is 60.4 Å². The fourth-order valence-electron chi connectivity index (χ4n) is 4.92. The molecule has 0 aliphatic carbocycles. The summed E-state index contributed by atoms with van der Waals surface area (Å²) < 4.78 is 10.8. The van der Waals surface area contributed by atoms with Gasteiger partial charge in [-0.2, -0.15) is 0 Å². The van der Waals surface area contributed by atoms with E-state index in [4.69, 9.17) is 20.8 Å². The molecule has 3 aromatic carbocycles. The van der Waals surface area contributed by atoms with Gasteiger partial charge in [-0.3, -0.25) is 9.69 Å². The lowest BCUT2D eigenvalue weighted by Crippen LogP contribution is -2.46. The van der Waals surface area contributed by atoms with Crippen molar-refractivity contribution in [1.29, 1.82) is 0 Å². The Labute approximate surface area is 233 Å². The Bertz CT molecular complexity index is 1450. The fraction of sp³-hybridized carbons (Fsp3) is 0.267. The van der Waals surface area contributed by atoms with Crippen molar-refractivity contribution in [3.63, 3.8) is 0 Å². The van der Waals surface area contributed by atoms with Gasteiger partial charge >= 0.3 is 11.6 Å². The lowest BCUT2D eigenvalue weighted by atomic mass is 9.94. The molecule has 1 aromatic heterocycles. The molecule has 38 heavy (non-hydrogen) atoms. The number of para-hydroxylation sites is 1. The third-order valence-corrected chi connectivity index (χ3v) is 7.10. The Morgan fingerprint density at radius 2 is 1.63 bits per heavy atom. The van der Waals surface area contributed by atoms with Gasteiger partial charge in [0.25, 0.3) is 0 Å². The number of esters is 1. The van der Waals surface area contributed by atoms with E-state index in [-0.39, 0.29) is 25.4 Å². The van der Waals surface area contributed by atoms with Gasteiger partial charge in [0.1, 0.15) is 5.58 Å². The van der Waals surface area contributed by atoms with Crippen LogP contribution >= 0.6 is 24.0 Å². The summed E-state index contributed by atoms with van der Waals surface area (Å²) in [4.78, 5) is 30.1. The van der Waals surface area contributed by atoms with Crippen molar-refractivity contribution in [2.75, 3.05) is 37.7 Å². The van der Waals surface area contributed by atoms with E-state index in [1.807, 2.05) is 42.5 Å². The van der Waals surface area contributed by atoms with Crippen LogP contribution in [0.3, 0.4) is 0 Å². The highest BCUT2D eigenvalue weighted by Gasteiger charge is 2.22. The number of carbonyl (C=O) groups is 1. The second kappa shape index (κ2) is 12.5. The second-order valence-electron chi connectivity index (χ2n) is 9.13. The number of nitrogens with zero attached hydrogens (tertiary/aromatic N) is 2. The van der Waals surface area contributed by atoms with Crippen LogP contribution in [0.4, 0.5) is 5.69 Å². The molecule has 0 spiro atoms. The third-order valence-electron chi connectivity index (χ3n) is 6.75. The highest BCUT2D eigenvalue weighted by molar-refractivity contribution is 6.32. The highest BCUT2D eigenvalue weighted by atomic mass is 35.5. The number of hydrogen-bond donors (Lipinski definition) is 0. The van der Waals surface area contributed by atoms with E-state index in [9.17, 15) is 9.59 Å². The van der Waals surface area contributed by atoms with Crippen LogP contribution in [0.1, 0.15) is 18.1 Å². The molecule has 0 amide bonds. The maximum Gasteiger partial charge on any atom is 0.340 e. The monoisotopic (exact) mass is 552 g/mol. The summed E-state index contributed by atoms with van der Waals surface area (Å²) in [6, 6.07) is 23.8. The molecular weight excluding hydrogens is 523 g/mol. The summed E-state index contributed by atoms with van der Waals surface area (Å²) in [7, 11) is 0. The quantitative estimate of drug-likeness (QED) is 0.208. The van der Waals surface area contributed by atoms with Gasteiger partial charge in [0.15, 0.2) is 0 Å². The molecule has 198 valence electrons. The first-order valence-electron chi connectivity index (χ1n) is 12.5. The predicted molar refractivity (Wildman–Crippen MR) is 154 cm³/mol. The normalized spacial score (nSPS) is 13.8. The van der Waals surface area contributed by atoms with Crippen LogP contribution in [0.15, 0.2) is 82.0 Å². The van der Waals surface area contributed by atoms with E-state index in [0.717, 1.165) is 42.7 Å². The molecule has 0 radical (unpaired) electrons. The van der Waals surface area contributed by atoms with E-state index in [2.05, 4.69) is 34.1 Å². The number of hydrogen-bond acceptors (Lipinski definition) is 6. The zero-order chi connectivity index (χ0) is 25.8. The Morgan fingerprint density at radius 3 is 2.29 bits per heavy atom. The van der Waals surface area contributed by atoms with Crippen LogP contribution < -0.4 is 10.5 Å². The Balaban J connectivity index is 0.00000336. The van der Waals surface area contributed by atoms with Crippen molar-refractivity contribution in [1.82, 2.24) is 4.90 Å². The maximum atomic E-state index is 13.0. The lowest BCUT2D eigenvalue weighted by molar-refractivity contribution is -0.142. The molecule has 1 saturated heterocycles. The minimum atomic E-state index is -0.555. The van der Waals surface area contributed by atoms with Crippen molar-refractivity contribution in [3.05, 3.63) is 99.4 Å². The van der Waals surface area contributed by atoms with Crippen LogP contribution in [0.5, 0.6) is 0 Å². The Hall–Kier alpha value is -3.32. The van der Waals surface area contributed by atoms with E-state index < -0.39 is 11.6 Å². The van der Waals surface area contributed by atoms with Crippen molar-refractivity contribution < 1.29 is 13.9 Å². The standard InChI is InChI=1S/C30H29ClN2O4.ClH/c1-2-36-28(34)18-25-29(21-9-5-3-6-10-21)24-17-22(26(31)19-27(24)37-30(25)35)20-32-13-15-33(16-14-32)23-11-7-4-8-12-23;/h3-12,17,19H,2,13-16,18,20H2,1H3;1H. The molecule has 1 aliphatic heterocycles. The summed E-state index contributed by atoms with van der Waals surface area (Å²) >= 11 is 6.69. The van der Waals surface area contributed by atoms with Gasteiger partial charge in [-0.15, -0.1) is 12.4 Å². The van der Waals surface area contributed by atoms with E-state index in [1.165, 1.54) is 5.69 Å². The second-order valence-corrected chi connectivity index (χ2v) is 9.54. The number of piperazine rings is 1. The summed E-state index contributed by atoms with van der Waals surface area (Å²) in [6.07, 6.45) is -0.157. The van der Waals surface area contributed by atoms with Crippen LogP contribution in [-0.4, -0.2) is 43.7 Å². The molecule has 5 rings (SSSR count). The lowest BCUT2D eigenvalue weighted by Gasteiger charge is -2.36. The summed E-state index contributed by atoms with van der Waals surface area (Å²) in [5, 5.41) is 1.31. The van der Waals surface area contributed by atoms with Crippen molar-refractivity contribution in [2.45, 2.75) is 19.9 Å². The highest BCUT2D eigenvalue weighted by Crippen LogP contribution is 2.34. The third kappa shape index (κ3) is 6.04. The number of halogens is 2. The zero-order valence-electron chi connectivity index (χ0n) is 21.2. The number of rotatable bonds is 7. The summed E-state index contributed by atoms with van der Waals surface area (Å²) in [6.45, 7) is 6.35. The number of anilines is 1. The Kier molecular flexibility index (Phi) is 9.10. The first-order chi connectivity index (χ1) is 18.0. The first kappa shape index (κ1) is 27.7. The van der Waals surface area contributed by atoms with Crippen LogP contribution in [0.25, 0.3) is 22.1 Å². The predicted octanol–water partition coefficient (Wildman–Crippen LogP) is 5.96. The summed E-state index contributed by atoms with van der Waals surface area (Å²) in [5.41, 5.74) is 3.86. The number of fused-ring (bicyclic) bond motifs is 1. The topological polar surface area (TPSA) is 63.0 Å². The Morgan fingerprint density at radius 1 is 0.974 bits per heavy atom. The SMILES string of the molecule is CCOC(=O)Cc1c(-c2ccccc2)c2cc(CN3CCN(c4ccccc4)CC3)c(Cl)cc2oc1=O.Cl. The molecule has 2 heterocycles. The van der Waals surface area contributed by atoms with E-state index >= 15 is 0 Å². The molecule has 6 nitrogen and oxygen atoms in total. The van der Waals surface area contributed by atoms with Crippen LogP contribution in [0, 0.1) is 0 Å². The van der Waals surface area contributed by atoms with Gasteiger partial charge in [0.2, 0.25) is 0 Å². The molecule has 8 heteroatoms. The molecule has 0 atom stereocenters. The zero-order valence-corrected chi connectivity index (χ0v) is 22.8. The molecule has 0 bridgehead atoms. The number of carbonyl (C=O) groups excluding carboxylic acids is 1. The van der Waals surface area contributed by atoms with Gasteiger partial charge in [-0.05, 0) is 36.2 Å². The van der Waals surface area contributed by atoms with Crippen molar-refractivity contribution in [2.24, 2.45) is 0 Å². The largest absolute Gasteiger partial charge is 0.466 e. The molecule has 4 aromatic rings. The van der Waals surface area contributed by atoms with Gasteiger partial charge in [-0.25, -0.2) is 4.79 Å². The smallest absolute Gasteiger partial charge is 0.340 e.